The van der Waals surface area contributed by atoms with E-state index in [4.69, 9.17) is 0 Å². The van der Waals surface area contributed by atoms with Crippen molar-refractivity contribution in [3.63, 3.8) is 0 Å². The fourth-order valence-electron chi connectivity index (χ4n) is 3.13. The number of hydrogen-bond donors (Lipinski definition) is 1. The van der Waals surface area contributed by atoms with Gasteiger partial charge in [-0.05, 0) is 50.7 Å². The molecule has 2 heteroatoms. The van der Waals surface area contributed by atoms with Crippen molar-refractivity contribution in [1.82, 2.24) is 10.2 Å². The van der Waals surface area contributed by atoms with Crippen LogP contribution in [-0.2, 0) is 6.54 Å². The van der Waals surface area contributed by atoms with Gasteiger partial charge in [0.2, 0.25) is 0 Å². The number of piperazine rings is 1. The molecule has 19 heavy (non-hydrogen) atoms. The lowest BCUT2D eigenvalue weighted by atomic mass is 9.94. The van der Waals surface area contributed by atoms with Crippen molar-refractivity contribution in [3.05, 3.63) is 35.4 Å². The molecule has 0 amide bonds. The predicted molar refractivity (Wildman–Crippen MR) is 80.2 cm³/mol. The minimum Gasteiger partial charge on any atom is -0.311 e. The highest BCUT2D eigenvalue weighted by atomic mass is 15.3. The van der Waals surface area contributed by atoms with Crippen LogP contribution < -0.4 is 5.32 Å². The van der Waals surface area contributed by atoms with E-state index in [1.807, 2.05) is 0 Å². The third kappa shape index (κ3) is 2.85. The lowest BCUT2D eigenvalue weighted by Gasteiger charge is -2.46. The quantitative estimate of drug-likeness (QED) is 0.896. The molecule has 0 radical (unpaired) electrons. The molecule has 2 nitrogen and oxygen atoms in total. The van der Waals surface area contributed by atoms with Crippen molar-refractivity contribution in [2.75, 3.05) is 13.1 Å². The van der Waals surface area contributed by atoms with Crippen LogP contribution in [0.2, 0.25) is 0 Å². The Balaban J connectivity index is 1.74. The van der Waals surface area contributed by atoms with Crippen molar-refractivity contribution >= 4 is 0 Å². The van der Waals surface area contributed by atoms with Crippen LogP contribution in [0.15, 0.2) is 24.3 Å². The molecule has 0 bridgehead atoms. The molecule has 1 N–H and O–H groups in total. The van der Waals surface area contributed by atoms with Crippen LogP contribution in [0.1, 0.15) is 37.8 Å². The summed E-state index contributed by atoms with van der Waals surface area (Å²) in [5, 5.41) is 3.76. The summed E-state index contributed by atoms with van der Waals surface area (Å²) in [6.07, 6.45) is 2.85. The van der Waals surface area contributed by atoms with Gasteiger partial charge < -0.3 is 5.32 Å². The lowest BCUT2D eigenvalue weighted by Crippen LogP contribution is -2.62. The third-order valence-electron chi connectivity index (χ3n) is 4.88. The van der Waals surface area contributed by atoms with Gasteiger partial charge in [-0.2, -0.15) is 0 Å². The molecule has 0 spiro atoms. The van der Waals surface area contributed by atoms with Gasteiger partial charge in [0.1, 0.15) is 0 Å². The summed E-state index contributed by atoms with van der Waals surface area (Å²) in [6, 6.07) is 9.52. The van der Waals surface area contributed by atoms with Crippen molar-refractivity contribution in [1.29, 1.82) is 0 Å². The van der Waals surface area contributed by atoms with Gasteiger partial charge in [0.15, 0.2) is 0 Å². The molecule has 1 aromatic rings. The molecule has 1 aromatic carbocycles. The monoisotopic (exact) mass is 258 g/mol. The van der Waals surface area contributed by atoms with Crippen LogP contribution in [0, 0.1) is 12.8 Å². The van der Waals surface area contributed by atoms with E-state index in [0.717, 1.165) is 25.0 Å². The smallest absolute Gasteiger partial charge is 0.0281 e. The highest BCUT2D eigenvalue weighted by Crippen LogP contribution is 2.36. The van der Waals surface area contributed by atoms with Crippen molar-refractivity contribution < 1.29 is 0 Å². The average molecular weight is 258 g/mol. The standard InChI is InChI=1S/C17H26N2/c1-13-6-4-5-7-15(13)10-19-11-16(14-8-9-14)18-12-17(19,2)3/h4-7,14,16,18H,8-12H2,1-3H3. The largest absolute Gasteiger partial charge is 0.311 e. The van der Waals surface area contributed by atoms with Gasteiger partial charge in [0, 0.05) is 31.2 Å². The van der Waals surface area contributed by atoms with E-state index in [9.17, 15) is 0 Å². The number of nitrogens with one attached hydrogen (secondary N) is 1. The van der Waals surface area contributed by atoms with Gasteiger partial charge in [-0.3, -0.25) is 4.90 Å². The molecule has 1 saturated carbocycles. The summed E-state index contributed by atoms with van der Waals surface area (Å²) < 4.78 is 0. The first-order chi connectivity index (χ1) is 9.06. The molecular formula is C17H26N2. The highest BCUT2D eigenvalue weighted by molar-refractivity contribution is 5.25. The Hall–Kier alpha value is -0.860. The normalized spacial score (nSPS) is 27.4. The lowest BCUT2D eigenvalue weighted by molar-refractivity contribution is 0.0532. The van der Waals surface area contributed by atoms with Gasteiger partial charge in [-0.1, -0.05) is 24.3 Å². The minimum atomic E-state index is 0.258. The van der Waals surface area contributed by atoms with E-state index in [1.165, 1.54) is 30.5 Å². The van der Waals surface area contributed by atoms with Crippen LogP contribution >= 0.6 is 0 Å². The Bertz CT molecular complexity index is 448. The van der Waals surface area contributed by atoms with E-state index in [2.05, 4.69) is 55.3 Å². The first kappa shape index (κ1) is 13.1. The van der Waals surface area contributed by atoms with Gasteiger partial charge in [0.25, 0.3) is 0 Å². The molecule has 2 aliphatic rings. The second-order valence-electron chi connectivity index (χ2n) is 6.94. The van der Waals surface area contributed by atoms with Crippen LogP contribution in [-0.4, -0.2) is 29.6 Å². The SMILES string of the molecule is Cc1ccccc1CN1CC(C2CC2)NCC1(C)C. The van der Waals surface area contributed by atoms with Gasteiger partial charge in [0.05, 0.1) is 0 Å². The van der Waals surface area contributed by atoms with E-state index in [-0.39, 0.29) is 5.54 Å². The molecule has 1 unspecified atom stereocenters. The van der Waals surface area contributed by atoms with E-state index in [1.54, 1.807) is 0 Å². The van der Waals surface area contributed by atoms with E-state index >= 15 is 0 Å². The Kier molecular flexibility index (Phi) is 3.40. The second-order valence-corrected chi connectivity index (χ2v) is 6.94. The van der Waals surface area contributed by atoms with Gasteiger partial charge >= 0.3 is 0 Å². The van der Waals surface area contributed by atoms with Crippen LogP contribution in [0.3, 0.4) is 0 Å². The summed E-state index contributed by atoms with van der Waals surface area (Å²) in [4.78, 5) is 2.68. The molecular weight excluding hydrogens is 232 g/mol. The molecule has 2 fully saturated rings. The summed E-state index contributed by atoms with van der Waals surface area (Å²) >= 11 is 0. The maximum absolute atomic E-state index is 3.76. The molecule has 1 aliphatic heterocycles. The molecule has 104 valence electrons. The number of nitrogens with zero attached hydrogens (tertiary/aromatic N) is 1. The molecule has 0 aromatic heterocycles. The number of benzene rings is 1. The fourth-order valence-corrected chi connectivity index (χ4v) is 3.13. The summed E-state index contributed by atoms with van der Waals surface area (Å²) in [7, 11) is 0. The summed E-state index contributed by atoms with van der Waals surface area (Å²) in [5.41, 5.74) is 3.15. The fraction of sp³-hybridized carbons (Fsp3) is 0.647. The molecule has 1 atom stereocenters. The maximum atomic E-state index is 3.76. The Morgan fingerprint density at radius 2 is 2.00 bits per heavy atom. The van der Waals surface area contributed by atoms with Crippen LogP contribution in [0.4, 0.5) is 0 Å². The zero-order chi connectivity index (χ0) is 13.5. The molecule has 1 saturated heterocycles. The van der Waals surface area contributed by atoms with E-state index < -0.39 is 0 Å². The zero-order valence-corrected chi connectivity index (χ0v) is 12.4. The number of hydrogen-bond acceptors (Lipinski definition) is 2. The van der Waals surface area contributed by atoms with Gasteiger partial charge in [-0.25, -0.2) is 0 Å². The third-order valence-corrected chi connectivity index (χ3v) is 4.88. The van der Waals surface area contributed by atoms with Crippen LogP contribution in [0.5, 0.6) is 0 Å². The Morgan fingerprint density at radius 1 is 1.26 bits per heavy atom. The van der Waals surface area contributed by atoms with Crippen molar-refractivity contribution in [3.8, 4) is 0 Å². The van der Waals surface area contributed by atoms with E-state index in [0.29, 0.717) is 0 Å². The van der Waals surface area contributed by atoms with Crippen molar-refractivity contribution in [2.45, 2.75) is 51.7 Å². The topological polar surface area (TPSA) is 15.3 Å². The Labute approximate surface area is 117 Å². The first-order valence-corrected chi connectivity index (χ1v) is 7.59. The first-order valence-electron chi connectivity index (χ1n) is 7.59. The summed E-state index contributed by atoms with van der Waals surface area (Å²) in [5.74, 6) is 0.940. The number of rotatable bonds is 3. The Morgan fingerprint density at radius 3 is 2.68 bits per heavy atom. The van der Waals surface area contributed by atoms with Crippen LogP contribution in [0.25, 0.3) is 0 Å². The highest BCUT2D eigenvalue weighted by Gasteiger charge is 2.40. The molecule has 1 heterocycles. The average Bonchev–Trinajstić information content (AvgIpc) is 3.18. The number of aryl methyl sites for hydroxylation is 1. The van der Waals surface area contributed by atoms with Crippen molar-refractivity contribution in [2.24, 2.45) is 5.92 Å². The second kappa shape index (κ2) is 4.92. The molecule has 3 rings (SSSR count). The maximum Gasteiger partial charge on any atom is 0.0281 e. The zero-order valence-electron chi connectivity index (χ0n) is 12.4. The summed E-state index contributed by atoms with van der Waals surface area (Å²) in [6.45, 7) is 10.3. The predicted octanol–water partition coefficient (Wildman–Crippen LogP) is 2.96. The molecule has 1 aliphatic carbocycles. The van der Waals surface area contributed by atoms with Gasteiger partial charge in [-0.15, -0.1) is 0 Å². The minimum absolute atomic E-state index is 0.258.